The van der Waals surface area contributed by atoms with Crippen LogP contribution in [0.25, 0.3) is 0 Å². The van der Waals surface area contributed by atoms with E-state index in [1.165, 1.54) is 0 Å². The van der Waals surface area contributed by atoms with Gasteiger partial charge in [0.15, 0.2) is 0 Å². The van der Waals surface area contributed by atoms with Crippen molar-refractivity contribution in [3.63, 3.8) is 0 Å². The summed E-state index contributed by atoms with van der Waals surface area (Å²) in [6.07, 6.45) is -1.42. The van der Waals surface area contributed by atoms with Gasteiger partial charge in [-0.2, -0.15) is 0 Å². The molecule has 0 bridgehead atoms. The molecule has 6 nitrogen and oxygen atoms in total. The molecule has 2 aromatic rings. The number of benzene rings is 2. The van der Waals surface area contributed by atoms with Gasteiger partial charge in [-0.15, -0.1) is 0 Å². The summed E-state index contributed by atoms with van der Waals surface area (Å²) in [6, 6.07) is 4.17. The van der Waals surface area contributed by atoms with Crippen LogP contribution in [0.3, 0.4) is 0 Å². The molecule has 0 unspecified atom stereocenters. The zero-order valence-corrected chi connectivity index (χ0v) is 14.4. The average Bonchev–Trinajstić information content (AvgIpc) is 3.11. The van der Waals surface area contributed by atoms with Gasteiger partial charge in [0.25, 0.3) is 5.91 Å². The van der Waals surface area contributed by atoms with E-state index in [9.17, 15) is 27.2 Å². The molecule has 1 heterocycles. The van der Waals surface area contributed by atoms with Crippen molar-refractivity contribution < 1.29 is 32.0 Å². The molecule has 2 aromatic carbocycles. The minimum absolute atomic E-state index is 0.00987. The molecule has 10 heteroatoms. The van der Waals surface area contributed by atoms with Crippen molar-refractivity contribution in [1.29, 1.82) is 0 Å². The van der Waals surface area contributed by atoms with Crippen molar-refractivity contribution in [2.24, 2.45) is 5.16 Å². The van der Waals surface area contributed by atoms with Crippen molar-refractivity contribution in [3.8, 4) is 0 Å². The third-order valence-corrected chi connectivity index (χ3v) is 3.83. The molecule has 0 aliphatic carbocycles. The first kappa shape index (κ1) is 19.3. The van der Waals surface area contributed by atoms with Crippen LogP contribution in [-0.2, 0) is 14.4 Å². The molecule has 3 rings (SSSR count). The van der Waals surface area contributed by atoms with Gasteiger partial charge in [-0.3, -0.25) is 9.59 Å². The molecular weight excluding hydrogens is 382 g/mol. The lowest BCUT2D eigenvalue weighted by Gasteiger charge is -2.12. The molecule has 0 spiro atoms. The Balaban J connectivity index is 1.73. The zero-order valence-electron chi connectivity index (χ0n) is 14.4. The van der Waals surface area contributed by atoms with E-state index in [0.717, 1.165) is 31.2 Å². The van der Waals surface area contributed by atoms with Gasteiger partial charge in [-0.1, -0.05) is 5.16 Å². The molecule has 0 fully saturated rings. The maximum Gasteiger partial charge on any atom is 0.268 e. The molecule has 1 atom stereocenters. The smallest absolute Gasteiger partial charge is 0.268 e. The van der Waals surface area contributed by atoms with E-state index in [1.807, 2.05) is 0 Å². The Morgan fingerprint density at radius 3 is 2.36 bits per heavy atom. The van der Waals surface area contributed by atoms with Crippen molar-refractivity contribution in [2.75, 3.05) is 10.6 Å². The lowest BCUT2D eigenvalue weighted by molar-refractivity contribution is -0.125. The number of nitrogens with zero attached hydrogens (tertiary/aromatic N) is 1. The Morgan fingerprint density at radius 2 is 1.68 bits per heavy atom. The monoisotopic (exact) mass is 395 g/mol. The molecule has 1 aliphatic heterocycles. The number of carbonyl (C=O) groups excluding carboxylic acids is 2. The molecule has 2 amide bonds. The number of nitrogens with one attached hydrogen (secondary N) is 2. The number of carbonyl (C=O) groups is 2. The SMILES string of the molecule is CC(=O)Nc1cc(NC(=O)[C@@H]2CC(c3cc(F)ccc3F)=NO2)c(F)cc1F. The molecule has 28 heavy (non-hydrogen) atoms. The molecular formula is C18H13F4N3O3. The van der Waals surface area contributed by atoms with E-state index in [-0.39, 0.29) is 23.4 Å². The van der Waals surface area contributed by atoms with Crippen LogP contribution >= 0.6 is 0 Å². The Labute approximate surface area is 156 Å². The van der Waals surface area contributed by atoms with Crippen LogP contribution in [-0.4, -0.2) is 23.6 Å². The Kier molecular flexibility index (Phi) is 5.30. The number of oxime groups is 1. The molecule has 0 aromatic heterocycles. The number of hydrogen-bond donors (Lipinski definition) is 2. The second-order valence-electron chi connectivity index (χ2n) is 5.94. The number of amides is 2. The minimum Gasteiger partial charge on any atom is -0.382 e. The van der Waals surface area contributed by atoms with Crippen LogP contribution in [0.1, 0.15) is 18.9 Å². The molecule has 0 saturated heterocycles. The van der Waals surface area contributed by atoms with Gasteiger partial charge < -0.3 is 15.5 Å². The molecule has 2 N–H and O–H groups in total. The summed E-state index contributed by atoms with van der Waals surface area (Å²) in [5, 5.41) is 7.94. The predicted octanol–water partition coefficient (Wildman–Crippen LogP) is 3.33. The second-order valence-corrected chi connectivity index (χ2v) is 5.94. The Morgan fingerprint density at radius 1 is 1.00 bits per heavy atom. The van der Waals surface area contributed by atoms with Gasteiger partial charge >= 0.3 is 0 Å². The lowest BCUT2D eigenvalue weighted by atomic mass is 10.0. The zero-order chi connectivity index (χ0) is 20.4. The highest BCUT2D eigenvalue weighted by molar-refractivity contribution is 6.06. The van der Waals surface area contributed by atoms with Gasteiger partial charge in [0.2, 0.25) is 12.0 Å². The first-order valence-electron chi connectivity index (χ1n) is 8.00. The van der Waals surface area contributed by atoms with Crippen LogP contribution < -0.4 is 10.6 Å². The van der Waals surface area contributed by atoms with E-state index in [1.54, 1.807) is 0 Å². The van der Waals surface area contributed by atoms with E-state index < -0.39 is 46.9 Å². The maximum absolute atomic E-state index is 13.9. The number of rotatable bonds is 4. The van der Waals surface area contributed by atoms with Crippen molar-refractivity contribution in [3.05, 3.63) is 59.2 Å². The Hall–Kier alpha value is -3.43. The largest absolute Gasteiger partial charge is 0.382 e. The van der Waals surface area contributed by atoms with Crippen LogP contribution in [0.5, 0.6) is 0 Å². The molecule has 146 valence electrons. The Bertz CT molecular complexity index is 994. The van der Waals surface area contributed by atoms with Gasteiger partial charge in [-0.25, -0.2) is 17.6 Å². The fraction of sp³-hybridized carbons (Fsp3) is 0.167. The van der Waals surface area contributed by atoms with E-state index in [0.29, 0.717) is 6.07 Å². The number of anilines is 2. The van der Waals surface area contributed by atoms with Crippen LogP contribution in [0.4, 0.5) is 28.9 Å². The summed E-state index contributed by atoms with van der Waals surface area (Å²) >= 11 is 0. The number of hydrogen-bond acceptors (Lipinski definition) is 4. The predicted molar refractivity (Wildman–Crippen MR) is 91.7 cm³/mol. The van der Waals surface area contributed by atoms with Crippen LogP contribution in [0.2, 0.25) is 0 Å². The fourth-order valence-corrected chi connectivity index (χ4v) is 2.54. The summed E-state index contributed by atoms with van der Waals surface area (Å²) in [5.41, 5.74) is -0.869. The summed E-state index contributed by atoms with van der Waals surface area (Å²) < 4.78 is 54.7. The molecule has 1 aliphatic rings. The van der Waals surface area contributed by atoms with Gasteiger partial charge in [0.1, 0.15) is 23.3 Å². The topological polar surface area (TPSA) is 79.8 Å². The highest BCUT2D eigenvalue weighted by atomic mass is 19.1. The van der Waals surface area contributed by atoms with Gasteiger partial charge in [-0.05, 0) is 24.3 Å². The minimum atomic E-state index is -1.23. The van der Waals surface area contributed by atoms with Crippen molar-refractivity contribution in [1.82, 2.24) is 0 Å². The fourth-order valence-electron chi connectivity index (χ4n) is 2.54. The van der Waals surface area contributed by atoms with Crippen LogP contribution in [0, 0.1) is 23.3 Å². The average molecular weight is 395 g/mol. The summed E-state index contributed by atoms with van der Waals surface area (Å²) in [6.45, 7) is 1.14. The third kappa shape index (κ3) is 4.11. The van der Waals surface area contributed by atoms with Crippen molar-refractivity contribution in [2.45, 2.75) is 19.4 Å². The van der Waals surface area contributed by atoms with Crippen LogP contribution in [0.15, 0.2) is 35.5 Å². The van der Waals surface area contributed by atoms with Gasteiger partial charge in [0.05, 0.1) is 17.1 Å². The lowest BCUT2D eigenvalue weighted by Crippen LogP contribution is -2.28. The van der Waals surface area contributed by atoms with Crippen molar-refractivity contribution >= 4 is 28.9 Å². The third-order valence-electron chi connectivity index (χ3n) is 3.83. The maximum atomic E-state index is 13.9. The molecule has 0 radical (unpaired) electrons. The van der Waals surface area contributed by atoms with E-state index in [4.69, 9.17) is 4.84 Å². The quantitative estimate of drug-likeness (QED) is 0.780. The van der Waals surface area contributed by atoms with E-state index in [2.05, 4.69) is 15.8 Å². The standard InChI is InChI=1S/C18H13F4N3O3/c1-8(26)23-15-6-16(13(22)5-12(15)21)24-18(27)17-7-14(25-28-17)10-4-9(19)2-3-11(10)20/h2-6,17H,7H2,1H3,(H,23,26)(H,24,27)/t17-/m0/s1. The summed E-state index contributed by atoms with van der Waals surface area (Å²) in [7, 11) is 0. The number of halogens is 4. The van der Waals surface area contributed by atoms with Gasteiger partial charge in [0, 0.05) is 25.0 Å². The summed E-state index contributed by atoms with van der Waals surface area (Å²) in [4.78, 5) is 28.3. The van der Waals surface area contributed by atoms with E-state index >= 15 is 0 Å². The summed E-state index contributed by atoms with van der Waals surface area (Å²) in [5.74, 6) is -4.95. The highest BCUT2D eigenvalue weighted by Gasteiger charge is 2.31. The second kappa shape index (κ2) is 7.67. The highest BCUT2D eigenvalue weighted by Crippen LogP contribution is 2.25. The normalized spacial score (nSPS) is 15.6. The first-order valence-corrected chi connectivity index (χ1v) is 8.00. The molecule has 0 saturated carbocycles. The first-order chi connectivity index (χ1) is 13.2.